The van der Waals surface area contributed by atoms with Crippen molar-refractivity contribution in [2.75, 3.05) is 18.1 Å². The van der Waals surface area contributed by atoms with Gasteiger partial charge in [-0.05, 0) is 69.5 Å². The fourth-order valence-electron chi connectivity index (χ4n) is 4.21. The number of para-hydroxylation sites is 1. The van der Waals surface area contributed by atoms with E-state index in [2.05, 4.69) is 0 Å². The largest absolute Gasteiger partial charge is 0.416 e. The third-order valence-electron chi connectivity index (χ3n) is 6.60. The number of carbonyl (C=O) groups excluding carboxylic acids is 1. The monoisotopic (exact) mass is 503 g/mol. The Kier molecular flexibility index (Phi) is 7.30. The Balaban J connectivity index is 1.89. The summed E-state index contributed by atoms with van der Waals surface area (Å²) in [6.07, 6.45) is -10.5. The minimum atomic E-state index is -4.95. The standard InChI is InChI=1S/C25H27F6NO3/c1-16(18-11-19(24(26,27)28)13-20(12-18)25(29,30)31)35-15-22(3)9-10-23(34,17(2)33)14-32(22)21-7-5-4-6-8-21/h4-8,11-13,16,34H,9-10,14-15H2,1-3H3. The zero-order chi connectivity index (χ0) is 26.2. The Labute approximate surface area is 199 Å². The van der Waals surface area contributed by atoms with Gasteiger partial charge in [0.25, 0.3) is 0 Å². The number of alkyl halides is 6. The van der Waals surface area contributed by atoms with Crippen LogP contribution in [0.5, 0.6) is 0 Å². The van der Waals surface area contributed by atoms with Crippen LogP contribution in [0.25, 0.3) is 0 Å². The number of aliphatic hydroxyl groups is 1. The molecule has 2 aromatic carbocycles. The molecule has 1 fully saturated rings. The lowest BCUT2D eigenvalue weighted by Gasteiger charge is -2.51. The van der Waals surface area contributed by atoms with Crippen LogP contribution in [0.4, 0.5) is 32.0 Å². The number of β-amino-alcohol motifs (C(OH)–C–C–N with tert-alkyl or cyclic N) is 1. The van der Waals surface area contributed by atoms with Crippen molar-refractivity contribution in [2.24, 2.45) is 0 Å². The first-order chi connectivity index (χ1) is 16.1. The molecule has 0 bridgehead atoms. The Morgan fingerprint density at radius 3 is 2.06 bits per heavy atom. The lowest BCUT2D eigenvalue weighted by atomic mass is 9.79. The van der Waals surface area contributed by atoms with Gasteiger partial charge >= 0.3 is 12.4 Å². The minimum Gasteiger partial charge on any atom is -0.380 e. The van der Waals surface area contributed by atoms with E-state index >= 15 is 0 Å². The van der Waals surface area contributed by atoms with Crippen molar-refractivity contribution in [2.45, 2.75) is 63.2 Å². The van der Waals surface area contributed by atoms with Crippen molar-refractivity contribution >= 4 is 11.5 Å². The maximum Gasteiger partial charge on any atom is 0.416 e. The summed E-state index contributed by atoms with van der Waals surface area (Å²) in [5.41, 5.74) is -4.73. The molecule has 0 saturated carbocycles. The van der Waals surface area contributed by atoms with Crippen molar-refractivity contribution in [3.63, 3.8) is 0 Å². The first-order valence-electron chi connectivity index (χ1n) is 11.0. The number of halogens is 6. The van der Waals surface area contributed by atoms with Gasteiger partial charge in [0.2, 0.25) is 0 Å². The van der Waals surface area contributed by atoms with Crippen molar-refractivity contribution in [3.8, 4) is 0 Å². The molecule has 0 aliphatic carbocycles. The molecule has 3 atom stereocenters. The number of anilines is 1. The second-order valence-corrected chi connectivity index (χ2v) is 9.30. The highest BCUT2D eigenvalue weighted by Crippen LogP contribution is 2.40. The van der Waals surface area contributed by atoms with E-state index < -0.39 is 46.5 Å². The average Bonchev–Trinajstić information content (AvgIpc) is 2.78. The number of nitrogens with zero attached hydrogens (tertiary/aromatic N) is 1. The summed E-state index contributed by atoms with van der Waals surface area (Å²) in [6, 6.07) is 10.3. The van der Waals surface area contributed by atoms with Gasteiger partial charge in [0, 0.05) is 5.69 Å². The maximum absolute atomic E-state index is 13.2. The molecule has 10 heteroatoms. The van der Waals surface area contributed by atoms with Crippen molar-refractivity contribution < 1.29 is 41.0 Å². The van der Waals surface area contributed by atoms with E-state index in [0.29, 0.717) is 24.2 Å². The number of hydrogen-bond donors (Lipinski definition) is 1. The zero-order valence-corrected chi connectivity index (χ0v) is 19.5. The van der Waals surface area contributed by atoms with E-state index in [1.165, 1.54) is 13.8 Å². The summed E-state index contributed by atoms with van der Waals surface area (Å²) >= 11 is 0. The maximum atomic E-state index is 13.2. The number of benzene rings is 2. The summed E-state index contributed by atoms with van der Waals surface area (Å²) in [4.78, 5) is 13.9. The van der Waals surface area contributed by atoms with Gasteiger partial charge in [-0.3, -0.25) is 4.79 Å². The molecular formula is C25H27F6NO3. The van der Waals surface area contributed by atoms with Gasteiger partial charge in [0.05, 0.1) is 35.9 Å². The Hall–Kier alpha value is -2.59. The lowest BCUT2D eigenvalue weighted by Crippen LogP contribution is -2.63. The zero-order valence-electron chi connectivity index (χ0n) is 19.5. The topological polar surface area (TPSA) is 49.8 Å². The molecule has 1 aliphatic heterocycles. The number of piperidine rings is 1. The van der Waals surface area contributed by atoms with Crippen LogP contribution in [0, 0.1) is 0 Å². The molecule has 0 aromatic heterocycles. The Bertz CT molecular complexity index is 1020. The highest BCUT2D eigenvalue weighted by atomic mass is 19.4. The van der Waals surface area contributed by atoms with E-state index in [0.717, 1.165) is 0 Å². The molecule has 2 aromatic rings. The van der Waals surface area contributed by atoms with E-state index in [1.54, 1.807) is 35.2 Å². The summed E-state index contributed by atoms with van der Waals surface area (Å²) in [6.45, 7) is 4.42. The highest BCUT2D eigenvalue weighted by Gasteiger charge is 2.47. The predicted octanol–water partition coefficient (Wildman–Crippen LogP) is 6.18. The van der Waals surface area contributed by atoms with E-state index in [4.69, 9.17) is 4.74 Å². The third kappa shape index (κ3) is 5.98. The molecular weight excluding hydrogens is 476 g/mol. The van der Waals surface area contributed by atoms with Gasteiger partial charge in [-0.15, -0.1) is 0 Å². The molecule has 1 heterocycles. The quantitative estimate of drug-likeness (QED) is 0.479. The molecule has 0 radical (unpaired) electrons. The summed E-state index contributed by atoms with van der Waals surface area (Å²) < 4.78 is 85.3. The van der Waals surface area contributed by atoms with Crippen LogP contribution in [0.15, 0.2) is 48.5 Å². The van der Waals surface area contributed by atoms with Crippen LogP contribution in [0.2, 0.25) is 0 Å². The molecule has 3 rings (SSSR count). The van der Waals surface area contributed by atoms with Crippen molar-refractivity contribution in [3.05, 3.63) is 65.2 Å². The molecule has 1 aliphatic rings. The number of rotatable bonds is 6. The van der Waals surface area contributed by atoms with Crippen LogP contribution < -0.4 is 4.90 Å². The van der Waals surface area contributed by atoms with Gasteiger partial charge in [0.15, 0.2) is 5.78 Å². The first-order valence-corrected chi connectivity index (χ1v) is 11.0. The van der Waals surface area contributed by atoms with Crippen LogP contribution in [-0.4, -0.2) is 35.2 Å². The third-order valence-corrected chi connectivity index (χ3v) is 6.60. The van der Waals surface area contributed by atoms with E-state index in [1.807, 2.05) is 6.92 Å². The molecule has 0 spiro atoms. The normalized spacial score (nSPS) is 24.3. The van der Waals surface area contributed by atoms with E-state index in [9.17, 15) is 36.2 Å². The summed E-state index contributed by atoms with van der Waals surface area (Å²) in [5, 5.41) is 10.8. The molecule has 192 valence electrons. The van der Waals surface area contributed by atoms with Gasteiger partial charge in [-0.2, -0.15) is 26.3 Å². The number of ether oxygens (including phenoxy) is 1. The fraction of sp³-hybridized carbons (Fsp3) is 0.480. The van der Waals surface area contributed by atoms with Crippen molar-refractivity contribution in [1.29, 1.82) is 0 Å². The molecule has 3 unspecified atom stereocenters. The van der Waals surface area contributed by atoms with Crippen LogP contribution in [0.1, 0.15) is 56.4 Å². The minimum absolute atomic E-state index is 0.0254. The molecule has 4 nitrogen and oxygen atoms in total. The summed E-state index contributed by atoms with van der Waals surface area (Å²) in [7, 11) is 0. The number of Topliss-reactive ketones (excluding diaryl/α,β-unsaturated/α-hetero) is 1. The molecule has 1 saturated heterocycles. The van der Waals surface area contributed by atoms with Crippen molar-refractivity contribution in [1.82, 2.24) is 0 Å². The molecule has 0 amide bonds. The second-order valence-electron chi connectivity index (χ2n) is 9.30. The lowest BCUT2D eigenvalue weighted by molar-refractivity contribution is -0.143. The first kappa shape index (κ1) is 27.0. The van der Waals surface area contributed by atoms with Gasteiger partial charge < -0.3 is 14.7 Å². The summed E-state index contributed by atoms with van der Waals surface area (Å²) in [5.74, 6) is -0.390. The van der Waals surface area contributed by atoms with E-state index in [-0.39, 0.29) is 31.2 Å². The van der Waals surface area contributed by atoms with Crippen LogP contribution >= 0.6 is 0 Å². The molecule has 1 N–H and O–H groups in total. The Morgan fingerprint density at radius 1 is 1.03 bits per heavy atom. The average molecular weight is 503 g/mol. The van der Waals surface area contributed by atoms with Gasteiger partial charge in [-0.1, -0.05) is 18.2 Å². The molecule has 35 heavy (non-hydrogen) atoms. The highest BCUT2D eigenvalue weighted by molar-refractivity contribution is 5.86. The van der Waals surface area contributed by atoms with Gasteiger partial charge in [0.1, 0.15) is 5.60 Å². The number of ketones is 1. The smallest absolute Gasteiger partial charge is 0.380 e. The van der Waals surface area contributed by atoms with Crippen LogP contribution in [0.3, 0.4) is 0 Å². The van der Waals surface area contributed by atoms with Crippen LogP contribution in [-0.2, 0) is 21.9 Å². The Morgan fingerprint density at radius 2 is 1.57 bits per heavy atom. The van der Waals surface area contributed by atoms with Gasteiger partial charge in [-0.25, -0.2) is 0 Å². The second kappa shape index (κ2) is 9.46. The SMILES string of the molecule is CC(=O)C1(O)CCC(C)(COC(C)c2cc(C(F)(F)F)cc(C(F)(F)F)c2)N(c2ccccc2)C1. The predicted molar refractivity (Wildman–Crippen MR) is 118 cm³/mol. The number of carbonyl (C=O) groups is 1. The number of hydrogen-bond acceptors (Lipinski definition) is 4. The fourth-order valence-corrected chi connectivity index (χ4v) is 4.21.